The van der Waals surface area contributed by atoms with Gasteiger partial charge in [-0.15, -0.1) is 0 Å². The molecule has 0 radical (unpaired) electrons. The summed E-state index contributed by atoms with van der Waals surface area (Å²) in [6.45, 7) is 4.18. The maximum Gasteiger partial charge on any atom is 0.257 e. The number of benzene rings is 1. The number of nitrogens with zero attached hydrogens (tertiary/aromatic N) is 3. The van der Waals surface area contributed by atoms with Gasteiger partial charge in [-0.1, -0.05) is 5.16 Å². The van der Waals surface area contributed by atoms with Crippen molar-refractivity contribution >= 4 is 11.8 Å². The van der Waals surface area contributed by atoms with E-state index in [1.54, 1.807) is 43.2 Å². The molecule has 2 aromatic rings. The molecule has 1 aromatic carbocycles. The van der Waals surface area contributed by atoms with Gasteiger partial charge < -0.3 is 19.5 Å². The number of carbonyl (C=O) groups excluding carboxylic acids is 2. The van der Waals surface area contributed by atoms with Gasteiger partial charge in [0.2, 0.25) is 5.91 Å². The first-order chi connectivity index (χ1) is 13.6. The second-order valence-corrected chi connectivity index (χ2v) is 6.93. The van der Waals surface area contributed by atoms with Crippen LogP contribution >= 0.6 is 0 Å². The van der Waals surface area contributed by atoms with E-state index >= 15 is 0 Å². The molecule has 0 spiro atoms. The average molecular weight is 386 g/mol. The fraction of sp³-hybridized carbons (Fsp3) is 0.500. The van der Waals surface area contributed by atoms with Gasteiger partial charge in [0, 0.05) is 50.4 Å². The van der Waals surface area contributed by atoms with Crippen molar-refractivity contribution < 1.29 is 18.8 Å². The molecule has 3 rings (SSSR count). The number of methoxy groups -OCH3 is 1. The van der Waals surface area contributed by atoms with Crippen LogP contribution in [0.15, 0.2) is 28.8 Å². The molecule has 28 heavy (non-hydrogen) atoms. The highest BCUT2D eigenvalue weighted by Crippen LogP contribution is 2.21. The minimum atomic E-state index is -0.0327. The lowest BCUT2D eigenvalue weighted by Gasteiger charge is -2.31. The molecule has 0 atom stereocenters. The molecule has 1 saturated heterocycles. The molecular weight excluding hydrogens is 360 g/mol. The van der Waals surface area contributed by atoms with Crippen molar-refractivity contribution in [1.29, 1.82) is 0 Å². The Morgan fingerprint density at radius 3 is 2.57 bits per heavy atom. The molecule has 1 aliphatic rings. The summed E-state index contributed by atoms with van der Waals surface area (Å²) in [5.74, 6) is 1.03. The molecule has 1 fully saturated rings. The van der Waals surface area contributed by atoms with Gasteiger partial charge in [-0.3, -0.25) is 9.59 Å². The lowest BCUT2D eigenvalue weighted by Crippen LogP contribution is -2.43. The number of carbonyl (C=O) groups is 2. The number of hydrogen-bond donors (Lipinski definition) is 1. The number of rotatable bonds is 7. The molecule has 150 valence electrons. The van der Waals surface area contributed by atoms with Gasteiger partial charge >= 0.3 is 0 Å². The quantitative estimate of drug-likeness (QED) is 0.732. The third-order valence-corrected chi connectivity index (χ3v) is 4.88. The monoisotopic (exact) mass is 386 g/mol. The number of aromatic nitrogens is 2. The molecule has 1 aromatic heterocycles. The van der Waals surface area contributed by atoms with Crippen molar-refractivity contribution in [3.63, 3.8) is 0 Å². The maximum absolute atomic E-state index is 12.7. The molecule has 2 heterocycles. The van der Waals surface area contributed by atoms with E-state index in [1.165, 1.54) is 0 Å². The van der Waals surface area contributed by atoms with Crippen molar-refractivity contribution in [3.8, 4) is 11.5 Å². The van der Waals surface area contributed by atoms with Gasteiger partial charge in [-0.2, -0.15) is 4.98 Å². The predicted octanol–water partition coefficient (Wildman–Crippen LogP) is 2.05. The molecule has 1 aliphatic heterocycles. The second-order valence-electron chi connectivity index (χ2n) is 6.93. The Bertz CT molecular complexity index is 795. The summed E-state index contributed by atoms with van der Waals surface area (Å²) < 4.78 is 10.1. The zero-order valence-corrected chi connectivity index (χ0v) is 16.3. The largest absolute Gasteiger partial charge is 0.385 e. The summed E-state index contributed by atoms with van der Waals surface area (Å²) >= 11 is 0. The Morgan fingerprint density at radius 1 is 1.25 bits per heavy atom. The van der Waals surface area contributed by atoms with Gasteiger partial charge in [0.1, 0.15) is 0 Å². The van der Waals surface area contributed by atoms with Gasteiger partial charge in [-0.05, 0) is 50.5 Å². The van der Waals surface area contributed by atoms with Crippen LogP contribution in [0.4, 0.5) is 0 Å². The van der Waals surface area contributed by atoms with Crippen LogP contribution in [0.5, 0.6) is 0 Å². The van der Waals surface area contributed by atoms with Crippen molar-refractivity contribution in [1.82, 2.24) is 20.4 Å². The third kappa shape index (κ3) is 4.95. The maximum atomic E-state index is 12.7. The Kier molecular flexibility index (Phi) is 6.76. The van der Waals surface area contributed by atoms with E-state index in [1.807, 2.05) is 0 Å². The van der Waals surface area contributed by atoms with Crippen molar-refractivity contribution in [2.75, 3.05) is 33.4 Å². The summed E-state index contributed by atoms with van der Waals surface area (Å²) in [4.78, 5) is 30.9. The third-order valence-electron chi connectivity index (χ3n) is 4.88. The number of nitrogens with one attached hydrogen (secondary N) is 1. The van der Waals surface area contributed by atoms with Crippen LogP contribution in [0.2, 0.25) is 0 Å². The second kappa shape index (κ2) is 9.45. The first kappa shape index (κ1) is 20.0. The molecule has 0 aliphatic carbocycles. The Hall–Kier alpha value is -2.74. The van der Waals surface area contributed by atoms with E-state index < -0.39 is 0 Å². The highest BCUT2D eigenvalue weighted by Gasteiger charge is 2.27. The molecule has 8 nitrogen and oxygen atoms in total. The predicted molar refractivity (Wildman–Crippen MR) is 103 cm³/mol. The molecule has 8 heteroatoms. The van der Waals surface area contributed by atoms with Gasteiger partial charge in [0.25, 0.3) is 11.8 Å². The number of piperidine rings is 1. The molecule has 0 saturated carbocycles. The van der Waals surface area contributed by atoms with Gasteiger partial charge in [0.15, 0.2) is 5.82 Å². The molecule has 0 unspecified atom stereocenters. The zero-order chi connectivity index (χ0) is 19.9. The number of ether oxygens (including phenoxy) is 1. The molecule has 2 amide bonds. The van der Waals surface area contributed by atoms with Crippen LogP contribution in [0.25, 0.3) is 11.5 Å². The van der Waals surface area contributed by atoms with E-state index in [9.17, 15) is 9.59 Å². The molecule has 0 bridgehead atoms. The lowest BCUT2D eigenvalue weighted by atomic mass is 9.95. The summed E-state index contributed by atoms with van der Waals surface area (Å²) in [7, 11) is 1.65. The zero-order valence-electron chi connectivity index (χ0n) is 16.3. The van der Waals surface area contributed by atoms with E-state index in [0.29, 0.717) is 56.4 Å². The van der Waals surface area contributed by atoms with Crippen molar-refractivity contribution in [3.05, 3.63) is 35.7 Å². The number of aryl methyl sites for hydroxylation is 1. The van der Waals surface area contributed by atoms with Crippen molar-refractivity contribution in [2.45, 2.75) is 26.2 Å². The first-order valence-electron chi connectivity index (χ1n) is 9.55. The van der Waals surface area contributed by atoms with Crippen LogP contribution in [-0.2, 0) is 9.53 Å². The highest BCUT2D eigenvalue weighted by molar-refractivity contribution is 5.94. The number of likely N-dealkylation sites (tertiary alicyclic amines) is 1. The molecular formula is C20H26N4O4. The van der Waals surface area contributed by atoms with Gasteiger partial charge in [0.05, 0.1) is 0 Å². The summed E-state index contributed by atoms with van der Waals surface area (Å²) in [5, 5.41) is 6.72. The fourth-order valence-corrected chi connectivity index (χ4v) is 3.27. The minimum Gasteiger partial charge on any atom is -0.385 e. The van der Waals surface area contributed by atoms with Crippen LogP contribution in [0.3, 0.4) is 0 Å². The lowest BCUT2D eigenvalue weighted by molar-refractivity contribution is -0.126. The average Bonchev–Trinajstić information content (AvgIpc) is 3.17. The standard InChI is InChI=1S/C20H26N4O4/c1-14-22-19(28-23-14)16-4-6-17(7-5-16)20(26)24-11-8-15(9-12-24)18(25)21-10-3-13-27-2/h4-7,15H,3,8-13H2,1-2H3,(H,21,25). The Labute approximate surface area is 164 Å². The normalized spacial score (nSPS) is 14.9. The van der Waals surface area contributed by atoms with Crippen molar-refractivity contribution in [2.24, 2.45) is 5.92 Å². The highest BCUT2D eigenvalue weighted by atomic mass is 16.5. The Morgan fingerprint density at radius 2 is 1.96 bits per heavy atom. The molecule has 1 N–H and O–H groups in total. The van der Waals surface area contributed by atoms with Crippen LogP contribution in [0.1, 0.15) is 35.4 Å². The topological polar surface area (TPSA) is 97.6 Å². The summed E-state index contributed by atoms with van der Waals surface area (Å²) in [6, 6.07) is 7.15. The SMILES string of the molecule is COCCCNC(=O)C1CCN(C(=O)c2ccc(-c3nc(C)no3)cc2)CC1. The Balaban J connectivity index is 1.50. The number of amides is 2. The fourth-order valence-electron chi connectivity index (χ4n) is 3.27. The number of hydrogen-bond acceptors (Lipinski definition) is 6. The smallest absolute Gasteiger partial charge is 0.257 e. The van der Waals surface area contributed by atoms with E-state index in [2.05, 4.69) is 15.5 Å². The van der Waals surface area contributed by atoms with E-state index in [4.69, 9.17) is 9.26 Å². The first-order valence-corrected chi connectivity index (χ1v) is 9.55. The summed E-state index contributed by atoms with van der Waals surface area (Å²) in [6.07, 6.45) is 2.17. The van der Waals surface area contributed by atoms with Gasteiger partial charge in [-0.25, -0.2) is 0 Å². The van der Waals surface area contributed by atoms with Crippen LogP contribution in [-0.4, -0.2) is 60.2 Å². The van der Waals surface area contributed by atoms with E-state index in [-0.39, 0.29) is 17.7 Å². The summed E-state index contributed by atoms with van der Waals surface area (Å²) in [5.41, 5.74) is 1.39. The minimum absolute atomic E-state index is 0.0211. The van der Waals surface area contributed by atoms with Crippen LogP contribution in [0, 0.1) is 12.8 Å². The van der Waals surface area contributed by atoms with Crippen LogP contribution < -0.4 is 5.32 Å². The van der Waals surface area contributed by atoms with E-state index in [0.717, 1.165) is 12.0 Å².